The molecule has 2 aliphatic carbocycles. The number of allylic oxidation sites excluding steroid dienone is 2. The van der Waals surface area contributed by atoms with E-state index < -0.39 is 18.4 Å². The second kappa shape index (κ2) is 7.25. The van der Waals surface area contributed by atoms with Crippen LogP contribution in [0.3, 0.4) is 0 Å². The molecule has 0 spiro atoms. The standard InChI is InChI=1S/C9H15O.C9H14O.3CH3.Sn/c2*1-7-4-8(10)6-9(2,3)5-7;;;;/h4-6H2,1-3H3;4H,5-6H2,1-3H3;3*1H3;. The minimum absolute atomic E-state index is 0.204. The maximum absolute atomic E-state index is 11.8. The Morgan fingerprint density at radius 3 is 1.75 bits per heavy atom. The van der Waals surface area contributed by atoms with Crippen molar-refractivity contribution >= 4 is 29.9 Å². The molecule has 1 fully saturated rings. The molecule has 0 aromatic heterocycles. The Kier molecular flexibility index (Phi) is 6.62. The Balaban J connectivity index is 0.000000254. The maximum Gasteiger partial charge on any atom is 0.156 e. The Morgan fingerprint density at radius 1 is 0.833 bits per heavy atom. The van der Waals surface area contributed by atoms with Crippen LogP contribution in [-0.4, -0.2) is 29.9 Å². The number of ketones is 2. The van der Waals surface area contributed by atoms with Gasteiger partial charge in [0.25, 0.3) is 0 Å². The Morgan fingerprint density at radius 2 is 1.38 bits per heavy atom. The van der Waals surface area contributed by atoms with Gasteiger partial charge in [-0.15, -0.1) is 0 Å². The first-order chi connectivity index (χ1) is 10.6. The van der Waals surface area contributed by atoms with Crippen LogP contribution >= 0.6 is 0 Å². The van der Waals surface area contributed by atoms with Gasteiger partial charge in [0.15, 0.2) is 5.78 Å². The molecule has 0 radical (unpaired) electrons. The van der Waals surface area contributed by atoms with Crippen LogP contribution in [0.25, 0.3) is 0 Å². The van der Waals surface area contributed by atoms with Crippen molar-refractivity contribution in [1.29, 1.82) is 0 Å². The fourth-order valence-corrected chi connectivity index (χ4v) is 9.36. The van der Waals surface area contributed by atoms with Gasteiger partial charge < -0.3 is 0 Å². The molecule has 0 aliphatic heterocycles. The molecule has 1 saturated carbocycles. The number of carbonyl (C=O) groups is 2. The van der Waals surface area contributed by atoms with Crippen molar-refractivity contribution in [3.63, 3.8) is 0 Å². The first-order valence-electron chi connectivity index (χ1n) is 9.27. The van der Waals surface area contributed by atoms with E-state index >= 15 is 0 Å². The molecule has 0 amide bonds. The van der Waals surface area contributed by atoms with Gasteiger partial charge in [0.05, 0.1) is 0 Å². The summed E-state index contributed by atoms with van der Waals surface area (Å²) in [6.45, 7) is 13.2. The summed E-state index contributed by atoms with van der Waals surface area (Å²) < 4.78 is 0.382. The zero-order valence-corrected chi connectivity index (χ0v) is 20.3. The molecule has 3 heteroatoms. The number of hydrogen-bond donors (Lipinski definition) is 0. The second-order valence-electron chi connectivity index (χ2n) is 11.0. The molecule has 1 atom stereocenters. The molecule has 0 bridgehead atoms. The zero-order valence-electron chi connectivity index (χ0n) is 17.4. The molecule has 24 heavy (non-hydrogen) atoms. The minimum atomic E-state index is -1.98. The van der Waals surface area contributed by atoms with Crippen LogP contribution in [0.1, 0.15) is 73.6 Å². The molecule has 2 nitrogen and oxygen atoms in total. The molecular weight excluding hydrogens is 403 g/mol. The fourth-order valence-electron chi connectivity index (χ4n) is 4.41. The van der Waals surface area contributed by atoms with Crippen molar-refractivity contribution in [2.45, 2.75) is 91.9 Å². The first-order valence-corrected chi connectivity index (χ1v) is 19.3. The maximum atomic E-state index is 11.8. The summed E-state index contributed by atoms with van der Waals surface area (Å²) in [5, 5.41) is 0. The molecule has 2 aliphatic rings. The van der Waals surface area contributed by atoms with Gasteiger partial charge >= 0.3 is 92.7 Å². The summed E-state index contributed by atoms with van der Waals surface area (Å²) >= 11 is -1.98. The Hall–Kier alpha value is -0.121. The van der Waals surface area contributed by atoms with E-state index in [-0.39, 0.29) is 16.6 Å². The summed E-state index contributed by atoms with van der Waals surface area (Å²) in [6.07, 6.45) is 6.46. The molecule has 138 valence electrons. The third-order valence-corrected chi connectivity index (χ3v) is 17.1. The summed E-state index contributed by atoms with van der Waals surface area (Å²) in [7, 11) is 0. The molecular formula is C21H38O2Sn. The summed E-state index contributed by atoms with van der Waals surface area (Å²) in [4.78, 5) is 30.2. The smallest absolute Gasteiger partial charge is 0.156 e. The van der Waals surface area contributed by atoms with Crippen molar-refractivity contribution in [3.8, 4) is 0 Å². The van der Waals surface area contributed by atoms with Gasteiger partial charge in [-0.05, 0) is 24.8 Å². The van der Waals surface area contributed by atoms with Crippen LogP contribution in [0.5, 0.6) is 0 Å². The Bertz CT molecular complexity index is 535. The first kappa shape index (κ1) is 21.9. The number of Topliss-reactive ketones (excluding diaryl/α,β-unsaturated/α-hetero) is 1. The third kappa shape index (κ3) is 6.31. The number of rotatable bonds is 1. The van der Waals surface area contributed by atoms with E-state index in [0.29, 0.717) is 15.6 Å². The largest absolute Gasteiger partial charge is 0.295 e. The molecule has 0 saturated heterocycles. The van der Waals surface area contributed by atoms with Gasteiger partial charge in [-0.3, -0.25) is 4.79 Å². The molecule has 0 aromatic rings. The van der Waals surface area contributed by atoms with Gasteiger partial charge in [-0.1, -0.05) is 19.4 Å². The van der Waals surface area contributed by atoms with Gasteiger partial charge in [0, 0.05) is 6.42 Å². The molecule has 0 aromatic carbocycles. The molecule has 0 N–H and O–H groups in total. The quantitative estimate of drug-likeness (QED) is 0.455. The summed E-state index contributed by atoms with van der Waals surface area (Å²) in [6, 6.07) is 0. The van der Waals surface area contributed by atoms with E-state index in [1.807, 2.05) is 6.92 Å². The van der Waals surface area contributed by atoms with Crippen LogP contribution in [0.15, 0.2) is 11.6 Å². The predicted molar refractivity (Wildman–Crippen MR) is 106 cm³/mol. The van der Waals surface area contributed by atoms with Crippen LogP contribution in [0.2, 0.25) is 18.2 Å². The van der Waals surface area contributed by atoms with Crippen molar-refractivity contribution in [3.05, 3.63) is 11.6 Å². The van der Waals surface area contributed by atoms with Crippen LogP contribution in [0.4, 0.5) is 0 Å². The second-order valence-corrected chi connectivity index (χ2v) is 27.3. The predicted octanol–water partition coefficient (Wildman–Crippen LogP) is 6.19. The SMILES string of the molecule is CC1(C)CC(=O)C[C](C)([Sn]([CH3])([CH3])[CH3])C1.CC1=CC(=O)CC(C)(C)C1. The third-order valence-electron chi connectivity index (χ3n) is 5.76. The number of carbonyl (C=O) groups excluding carboxylic acids is 2. The summed E-state index contributed by atoms with van der Waals surface area (Å²) in [5.74, 6) is 0.782. The topological polar surface area (TPSA) is 34.1 Å². The minimum Gasteiger partial charge on any atom is -0.295 e. The van der Waals surface area contributed by atoms with E-state index in [9.17, 15) is 9.59 Å². The van der Waals surface area contributed by atoms with Crippen molar-refractivity contribution < 1.29 is 9.59 Å². The van der Waals surface area contributed by atoms with Crippen LogP contribution in [-0.2, 0) is 9.59 Å². The normalized spacial score (nSPS) is 29.5. The van der Waals surface area contributed by atoms with Crippen molar-refractivity contribution in [2.24, 2.45) is 10.8 Å². The number of hydrogen-bond acceptors (Lipinski definition) is 2. The van der Waals surface area contributed by atoms with Gasteiger partial charge in [0.1, 0.15) is 0 Å². The van der Waals surface area contributed by atoms with Crippen molar-refractivity contribution in [2.75, 3.05) is 0 Å². The van der Waals surface area contributed by atoms with Gasteiger partial charge in [0.2, 0.25) is 0 Å². The molecule has 1 unspecified atom stereocenters. The van der Waals surface area contributed by atoms with E-state index in [4.69, 9.17) is 0 Å². The van der Waals surface area contributed by atoms with E-state index in [0.717, 1.165) is 19.3 Å². The van der Waals surface area contributed by atoms with Crippen LogP contribution < -0.4 is 0 Å². The average molecular weight is 441 g/mol. The zero-order chi connectivity index (χ0) is 19.0. The van der Waals surface area contributed by atoms with E-state index in [2.05, 4.69) is 49.4 Å². The fraction of sp³-hybridized carbons (Fsp3) is 0.810. The summed E-state index contributed by atoms with van der Waals surface area (Å²) in [5.41, 5.74) is 1.67. The van der Waals surface area contributed by atoms with Gasteiger partial charge in [-0.2, -0.15) is 0 Å². The molecule has 0 heterocycles. The average Bonchev–Trinajstić information content (AvgIpc) is 2.19. The van der Waals surface area contributed by atoms with Crippen LogP contribution in [0, 0.1) is 10.8 Å². The monoisotopic (exact) mass is 442 g/mol. The Labute approximate surface area is 153 Å². The van der Waals surface area contributed by atoms with Crippen molar-refractivity contribution in [1.82, 2.24) is 0 Å². The molecule has 2 rings (SSSR count). The van der Waals surface area contributed by atoms with Gasteiger partial charge in [-0.25, -0.2) is 0 Å². The van der Waals surface area contributed by atoms with E-state index in [1.165, 1.54) is 12.0 Å². The van der Waals surface area contributed by atoms with E-state index in [1.54, 1.807) is 6.08 Å².